The van der Waals surface area contributed by atoms with E-state index in [0.717, 1.165) is 19.0 Å². The molecular weight excluding hydrogens is 1040 g/mol. The third kappa shape index (κ3) is 15.3. The Hall–Kier alpha value is -6.97. The van der Waals surface area contributed by atoms with Gasteiger partial charge in [0.15, 0.2) is 0 Å². The highest BCUT2D eigenvalue weighted by Crippen LogP contribution is 2.37. The van der Waals surface area contributed by atoms with Crippen molar-refractivity contribution >= 4 is 83.4 Å². The van der Waals surface area contributed by atoms with Gasteiger partial charge in [-0.1, -0.05) is 23.2 Å². The predicted molar refractivity (Wildman–Crippen MR) is 269 cm³/mol. The van der Waals surface area contributed by atoms with Crippen LogP contribution in [0.3, 0.4) is 0 Å². The summed E-state index contributed by atoms with van der Waals surface area (Å²) in [5.41, 5.74) is 9.06. The number of imidazole rings is 3. The maximum absolute atomic E-state index is 14.6. The molecule has 0 saturated heterocycles. The van der Waals surface area contributed by atoms with Crippen molar-refractivity contribution in [3.8, 4) is 0 Å². The van der Waals surface area contributed by atoms with E-state index in [-0.39, 0.29) is 64.5 Å². The highest BCUT2D eigenvalue weighted by atomic mass is 35.5. The van der Waals surface area contributed by atoms with Gasteiger partial charge in [0, 0.05) is 89.9 Å². The fraction of sp³-hybridized carbons (Fsp3) is 0.245. The second kappa shape index (κ2) is 27.2. The molecule has 7 aromatic rings. The maximum Gasteiger partial charge on any atom is 0.419 e. The molecule has 386 valence electrons. The minimum Gasteiger partial charge on any atom is -0.449 e. The Balaban J connectivity index is 0.000000214. The Morgan fingerprint density at radius 2 is 1.11 bits per heavy atom. The highest BCUT2D eigenvalue weighted by molar-refractivity contribution is 6.31. The number of fused-ring (bicyclic) bond motifs is 2. The van der Waals surface area contributed by atoms with Gasteiger partial charge in [0.05, 0.1) is 42.0 Å². The van der Waals surface area contributed by atoms with E-state index in [9.17, 15) is 36.7 Å². The van der Waals surface area contributed by atoms with Crippen LogP contribution in [0.1, 0.15) is 80.7 Å². The Morgan fingerprint density at radius 3 is 1.62 bits per heavy atom. The average Bonchev–Trinajstić information content (AvgIpc) is 4.23. The number of rotatable bonds is 13. The molecule has 3 aromatic heterocycles. The molecule has 0 spiro atoms. The van der Waals surface area contributed by atoms with Gasteiger partial charge in [-0.25, -0.2) is 46.7 Å². The van der Waals surface area contributed by atoms with Crippen molar-refractivity contribution in [2.24, 2.45) is 5.73 Å². The first-order chi connectivity index (χ1) is 34.2. The van der Waals surface area contributed by atoms with Crippen molar-refractivity contribution in [3.05, 3.63) is 184 Å². The van der Waals surface area contributed by atoms with Crippen LogP contribution in [0.4, 0.5) is 38.5 Å². The van der Waals surface area contributed by atoms with Gasteiger partial charge in [-0.2, -0.15) is 0 Å². The molecule has 4 aromatic carbocycles. The Bertz CT molecular complexity index is 2970. The molecule has 2 aliphatic rings. The molecule has 0 unspecified atom stereocenters. The van der Waals surface area contributed by atoms with Crippen molar-refractivity contribution in [1.82, 2.24) is 34.0 Å². The molecule has 2 atom stereocenters. The molecule has 3 heterocycles. The molecule has 73 heavy (non-hydrogen) atoms. The molecule has 9 rings (SSSR count). The molecule has 5 N–H and O–H groups in total. The van der Waals surface area contributed by atoms with Gasteiger partial charge in [-0.3, -0.25) is 9.59 Å². The van der Waals surface area contributed by atoms with Gasteiger partial charge in [-0.15, -0.1) is 24.8 Å². The second-order valence-electron chi connectivity index (χ2n) is 16.0. The molecule has 0 bridgehead atoms. The van der Waals surface area contributed by atoms with Gasteiger partial charge >= 0.3 is 12.2 Å². The SMILES string of the molecule is Cl.Cl.N[C@H]1CCc2c(C(=O)Nc3ccc(F)c(Cl)c3)ccc(F)c21.O=C(N[C@H]1CCc2c(C(=O)Nc3ccc(F)c(Cl)c3)ccc(F)c21)OCCCn1ccnc1.O=C(OCCCn1ccnc1)n1ccnc1. The van der Waals surface area contributed by atoms with E-state index in [1.54, 1.807) is 31.2 Å². The summed E-state index contributed by atoms with van der Waals surface area (Å²) in [5.74, 6) is -2.92. The molecule has 24 heteroatoms. The average molecular weight is 1090 g/mol. The first-order valence-corrected chi connectivity index (χ1v) is 22.9. The van der Waals surface area contributed by atoms with Crippen LogP contribution in [0, 0.1) is 23.3 Å². The number of alkyl carbamates (subject to hydrolysis) is 1. The monoisotopic (exact) mass is 1090 g/mol. The highest BCUT2D eigenvalue weighted by Gasteiger charge is 2.32. The summed E-state index contributed by atoms with van der Waals surface area (Å²) < 4.78 is 70.3. The lowest BCUT2D eigenvalue weighted by atomic mass is 10.0. The number of aromatic nitrogens is 6. The first-order valence-electron chi connectivity index (χ1n) is 22.2. The van der Waals surface area contributed by atoms with Crippen molar-refractivity contribution in [2.75, 3.05) is 23.8 Å². The number of aryl methyl sites for hydroxylation is 2. The zero-order chi connectivity index (χ0) is 50.4. The van der Waals surface area contributed by atoms with Crippen LogP contribution in [0.15, 0.2) is 117 Å². The molecule has 2 aliphatic carbocycles. The first kappa shape index (κ1) is 56.9. The van der Waals surface area contributed by atoms with E-state index in [0.29, 0.717) is 78.9 Å². The molecule has 0 fully saturated rings. The maximum atomic E-state index is 14.6. The lowest BCUT2D eigenvalue weighted by Gasteiger charge is -2.16. The number of hydrogen-bond donors (Lipinski definition) is 4. The van der Waals surface area contributed by atoms with Gasteiger partial charge in [0.1, 0.15) is 29.6 Å². The van der Waals surface area contributed by atoms with Crippen molar-refractivity contribution in [1.29, 1.82) is 0 Å². The third-order valence-corrected chi connectivity index (χ3v) is 11.8. The minimum absolute atomic E-state index is 0. The number of benzene rings is 4. The lowest BCUT2D eigenvalue weighted by molar-refractivity contribution is 0.101. The number of nitrogens with zero attached hydrogens (tertiary/aromatic N) is 6. The molecule has 16 nitrogen and oxygen atoms in total. The number of carbonyl (C=O) groups excluding carboxylic acids is 4. The molecular formula is C49H48Cl4F4N10O6. The Labute approximate surface area is 438 Å². The summed E-state index contributed by atoms with van der Waals surface area (Å²) in [5, 5.41) is 7.77. The van der Waals surface area contributed by atoms with Gasteiger partial charge in [0.2, 0.25) is 0 Å². The van der Waals surface area contributed by atoms with Gasteiger partial charge in [0.25, 0.3) is 11.8 Å². The fourth-order valence-electron chi connectivity index (χ4n) is 7.86. The van der Waals surface area contributed by atoms with E-state index >= 15 is 0 Å². The molecule has 3 amide bonds. The van der Waals surface area contributed by atoms with Crippen LogP contribution < -0.4 is 21.7 Å². The number of hydrogen-bond acceptors (Lipinski definition) is 10. The topological polar surface area (TPSA) is 202 Å². The summed E-state index contributed by atoms with van der Waals surface area (Å²) in [4.78, 5) is 60.3. The Morgan fingerprint density at radius 1 is 0.630 bits per heavy atom. The Kier molecular flexibility index (Phi) is 21.2. The lowest BCUT2D eigenvalue weighted by Crippen LogP contribution is -2.29. The van der Waals surface area contributed by atoms with Crippen LogP contribution in [0.5, 0.6) is 0 Å². The predicted octanol–water partition coefficient (Wildman–Crippen LogP) is 10.7. The third-order valence-electron chi connectivity index (χ3n) is 11.3. The second-order valence-corrected chi connectivity index (χ2v) is 16.9. The van der Waals surface area contributed by atoms with Gasteiger partial charge < -0.3 is 40.3 Å². The minimum atomic E-state index is -0.645. The van der Waals surface area contributed by atoms with Crippen LogP contribution in [0.2, 0.25) is 10.0 Å². The van der Waals surface area contributed by atoms with Crippen LogP contribution in [0.25, 0.3) is 0 Å². The molecule has 0 saturated carbocycles. The zero-order valence-electron chi connectivity index (χ0n) is 38.5. The van der Waals surface area contributed by atoms with E-state index < -0.39 is 47.5 Å². The van der Waals surface area contributed by atoms with Crippen LogP contribution >= 0.6 is 48.0 Å². The number of nitrogens with two attached hydrogens (primary N) is 1. The number of anilines is 2. The van der Waals surface area contributed by atoms with E-state index in [1.807, 2.05) is 21.5 Å². The zero-order valence-corrected chi connectivity index (χ0v) is 41.6. The largest absolute Gasteiger partial charge is 0.449 e. The molecule has 0 aliphatic heterocycles. The summed E-state index contributed by atoms with van der Waals surface area (Å²) in [6, 6.07) is 12.0. The van der Waals surface area contributed by atoms with Gasteiger partial charge in [-0.05, 0) is 110 Å². The van der Waals surface area contributed by atoms with Crippen molar-refractivity contribution in [2.45, 2.75) is 63.7 Å². The number of ether oxygens (including phenoxy) is 2. The summed E-state index contributed by atoms with van der Waals surface area (Å²) in [6.45, 7) is 2.03. The smallest absolute Gasteiger partial charge is 0.419 e. The summed E-state index contributed by atoms with van der Waals surface area (Å²) in [6.07, 6.45) is 17.3. The summed E-state index contributed by atoms with van der Waals surface area (Å²) in [7, 11) is 0. The quantitative estimate of drug-likeness (QED) is 0.0636. The van der Waals surface area contributed by atoms with E-state index in [1.165, 1.54) is 71.7 Å². The van der Waals surface area contributed by atoms with E-state index in [2.05, 4.69) is 30.9 Å². The number of nitrogens with one attached hydrogen (secondary N) is 3. The number of halogens is 8. The number of amides is 3. The summed E-state index contributed by atoms with van der Waals surface area (Å²) >= 11 is 11.4. The standard InChI is InChI=1S/C23H21ClF2N4O3.C16H13ClF2N2O.C10H12N4O2.2ClH/c24-17-12-14(2-5-18(17)25)28-22(31)16-3-6-19(26)21-15(16)4-7-20(21)29-23(32)33-11-1-9-30-10-8-27-13-30;17-11-7-8(1-4-12(11)18)21-16(22)10-2-5-13(19)15-9(10)3-6-14(15)20;15-10(14-6-3-12-9-14)16-7-1-4-13-5-2-11-8-13;;/h2-3,5-6,8,10,12-13,20H,1,4,7,9,11H2,(H,28,31)(H,29,32);1-2,4-5,7,14H,3,6,20H2,(H,21,22);2-3,5-6,8-9H,1,4,7H2;2*1H/t20-;14-;;;/m00.../s1. The van der Waals surface area contributed by atoms with E-state index in [4.69, 9.17) is 38.4 Å². The van der Waals surface area contributed by atoms with Crippen molar-refractivity contribution in [3.63, 3.8) is 0 Å². The normalized spacial score (nSPS) is 13.8. The number of carbonyl (C=O) groups is 4. The molecule has 0 radical (unpaired) electrons. The fourth-order valence-corrected chi connectivity index (χ4v) is 8.22. The van der Waals surface area contributed by atoms with Crippen LogP contribution in [-0.4, -0.2) is 65.9 Å². The van der Waals surface area contributed by atoms with Crippen LogP contribution in [-0.2, 0) is 35.4 Å². The van der Waals surface area contributed by atoms with Crippen molar-refractivity contribution < 1.29 is 46.2 Å².